The highest BCUT2D eigenvalue weighted by molar-refractivity contribution is 6.91. The van der Waals surface area contributed by atoms with Gasteiger partial charge in [0.25, 0.3) is 0 Å². The molecule has 0 saturated carbocycles. The molecule has 0 amide bonds. The lowest BCUT2D eigenvalue weighted by atomic mass is 10.2. The fraction of sp³-hybridized carbons (Fsp3) is 0.800. The van der Waals surface area contributed by atoms with Crippen LogP contribution in [0.5, 0.6) is 0 Å². The van der Waals surface area contributed by atoms with Crippen LogP contribution in [0.25, 0.3) is 0 Å². The van der Waals surface area contributed by atoms with Crippen LogP contribution in [-0.2, 0) is 12.3 Å². The average Bonchev–Trinajstić information content (AvgIpc) is 2.44. The van der Waals surface area contributed by atoms with Gasteiger partial charge in [-0.05, 0) is 65.2 Å². The van der Waals surface area contributed by atoms with E-state index in [0.717, 1.165) is 12.8 Å². The molecular weight excluding hydrogens is 401 g/mol. The minimum absolute atomic E-state index is 1.15. The third kappa shape index (κ3) is 14.8. The van der Waals surface area contributed by atoms with Gasteiger partial charge in [-0.3, -0.25) is 0 Å². The van der Waals surface area contributed by atoms with Crippen LogP contribution in [0.4, 0.5) is 0 Å². The smallest absolute Gasteiger partial charge is 0.312 e. The highest BCUT2D eigenvalue weighted by atomic mass is 28.5. The average molecular weight is 447 g/mol. The number of unbranched alkanes of at least 4 members (excludes halogenated alkanes) is 4. The minimum atomic E-state index is -2.24. The first kappa shape index (κ1) is 27.2. The molecule has 27 heavy (non-hydrogen) atoms. The van der Waals surface area contributed by atoms with Gasteiger partial charge in [-0.25, -0.2) is 0 Å². The number of rotatable bonds is 14. The Morgan fingerprint density at radius 2 is 0.889 bits per heavy atom. The summed E-state index contributed by atoms with van der Waals surface area (Å²) in [4.78, 5) is 0. The monoisotopic (exact) mass is 446 g/mol. The van der Waals surface area contributed by atoms with Gasteiger partial charge in [-0.15, -0.1) is 0 Å². The van der Waals surface area contributed by atoms with E-state index in [2.05, 4.69) is 89.8 Å². The first-order chi connectivity index (χ1) is 12.2. The molecule has 160 valence electrons. The van der Waals surface area contributed by atoms with Crippen molar-refractivity contribution < 1.29 is 12.3 Å². The van der Waals surface area contributed by atoms with Gasteiger partial charge in [0.2, 0.25) is 0 Å². The Hall–Kier alpha value is 0.228. The summed E-state index contributed by atoms with van der Waals surface area (Å²) in [5.74, 6) is 0. The Kier molecular flexibility index (Phi) is 12.1. The fourth-order valence-electron chi connectivity index (χ4n) is 3.35. The van der Waals surface area contributed by atoms with Crippen LogP contribution in [-0.4, -0.2) is 33.8 Å². The SMILES string of the molecule is CCCCC=C[Si](C)(C)O[Si](C)(C)O[Si](C)(C)O[Si](C)(C)C=CCCCC. The Balaban J connectivity index is 4.83. The lowest BCUT2D eigenvalue weighted by molar-refractivity contribution is 0.333. The number of hydrogen-bond acceptors (Lipinski definition) is 3. The van der Waals surface area contributed by atoms with E-state index in [1.54, 1.807) is 0 Å². The second-order valence-electron chi connectivity index (χ2n) is 9.40. The van der Waals surface area contributed by atoms with E-state index in [-0.39, 0.29) is 0 Å². The van der Waals surface area contributed by atoms with E-state index >= 15 is 0 Å². The Morgan fingerprint density at radius 1 is 0.556 bits per heavy atom. The molecule has 0 aliphatic rings. The van der Waals surface area contributed by atoms with Crippen molar-refractivity contribution in [2.75, 3.05) is 0 Å². The maximum absolute atomic E-state index is 6.59. The highest BCUT2D eigenvalue weighted by Gasteiger charge is 2.42. The quantitative estimate of drug-likeness (QED) is 0.205. The number of hydrogen-bond donors (Lipinski definition) is 0. The zero-order valence-electron chi connectivity index (χ0n) is 19.8. The van der Waals surface area contributed by atoms with Crippen molar-refractivity contribution in [3.63, 3.8) is 0 Å². The zero-order chi connectivity index (χ0) is 21.2. The van der Waals surface area contributed by atoms with E-state index in [9.17, 15) is 0 Å². The van der Waals surface area contributed by atoms with Gasteiger partial charge in [0.05, 0.1) is 0 Å². The summed E-state index contributed by atoms with van der Waals surface area (Å²) in [6, 6.07) is 0. The molecule has 0 aromatic rings. The molecule has 0 aliphatic carbocycles. The van der Waals surface area contributed by atoms with Gasteiger partial charge < -0.3 is 12.3 Å². The van der Waals surface area contributed by atoms with Crippen LogP contribution < -0.4 is 0 Å². The number of allylic oxidation sites excluding steroid dienone is 2. The Bertz CT molecular complexity index is 430. The van der Waals surface area contributed by atoms with Crippen LogP contribution in [0.3, 0.4) is 0 Å². The maximum Gasteiger partial charge on any atom is 0.312 e. The predicted molar refractivity (Wildman–Crippen MR) is 131 cm³/mol. The van der Waals surface area contributed by atoms with Gasteiger partial charge in [-0.1, -0.05) is 63.1 Å². The normalized spacial score (nSPS) is 14.6. The topological polar surface area (TPSA) is 27.7 Å². The maximum atomic E-state index is 6.59. The molecule has 0 fully saturated rings. The largest absolute Gasteiger partial charge is 0.433 e. The summed E-state index contributed by atoms with van der Waals surface area (Å²) < 4.78 is 19.8. The second kappa shape index (κ2) is 12.0. The molecule has 0 unspecified atom stereocenters. The molecule has 7 heteroatoms. The molecule has 0 atom stereocenters. The van der Waals surface area contributed by atoms with E-state index in [4.69, 9.17) is 12.3 Å². The zero-order valence-corrected chi connectivity index (χ0v) is 23.8. The van der Waals surface area contributed by atoms with Crippen LogP contribution in [0.2, 0.25) is 52.4 Å². The second-order valence-corrected chi connectivity index (χ2v) is 24.5. The van der Waals surface area contributed by atoms with Crippen LogP contribution in [0.1, 0.15) is 52.4 Å². The summed E-state index contributed by atoms with van der Waals surface area (Å²) in [7, 11) is -8.20. The highest BCUT2D eigenvalue weighted by Crippen LogP contribution is 2.25. The van der Waals surface area contributed by atoms with Crippen molar-refractivity contribution >= 4 is 33.8 Å². The van der Waals surface area contributed by atoms with Gasteiger partial charge in [-0.2, -0.15) is 0 Å². The molecule has 0 N–H and O–H groups in total. The van der Waals surface area contributed by atoms with Crippen molar-refractivity contribution in [2.45, 2.75) is 105 Å². The van der Waals surface area contributed by atoms with Crippen molar-refractivity contribution in [3.05, 3.63) is 23.6 Å². The fourth-order valence-corrected chi connectivity index (χ4v) is 21.3. The predicted octanol–water partition coefficient (Wildman–Crippen LogP) is 7.42. The van der Waals surface area contributed by atoms with E-state index in [0.29, 0.717) is 0 Å². The molecule has 3 nitrogen and oxygen atoms in total. The van der Waals surface area contributed by atoms with E-state index < -0.39 is 33.8 Å². The molecule has 0 radical (unpaired) electrons. The lowest BCUT2D eigenvalue weighted by Crippen LogP contribution is -2.55. The minimum Gasteiger partial charge on any atom is -0.433 e. The molecule has 0 aromatic carbocycles. The van der Waals surface area contributed by atoms with Gasteiger partial charge in [0.1, 0.15) is 0 Å². The molecule has 0 aromatic heterocycles. The molecule has 0 spiro atoms. The summed E-state index contributed by atoms with van der Waals surface area (Å²) in [5.41, 5.74) is 4.65. The lowest BCUT2D eigenvalue weighted by Gasteiger charge is -2.39. The summed E-state index contributed by atoms with van der Waals surface area (Å²) in [5, 5.41) is 0. The Morgan fingerprint density at radius 3 is 1.19 bits per heavy atom. The van der Waals surface area contributed by atoms with Crippen molar-refractivity contribution in [2.24, 2.45) is 0 Å². The Labute approximate surface area is 174 Å². The van der Waals surface area contributed by atoms with Crippen LogP contribution in [0, 0.1) is 0 Å². The van der Waals surface area contributed by atoms with E-state index in [1.165, 1.54) is 25.7 Å². The first-order valence-corrected chi connectivity index (χ1v) is 22.3. The standard InChI is InChI=1S/C20H46O3Si4/c1-11-13-15-17-19-24(3,4)21-26(7,8)23-27(9,10)22-25(5,6)20-18-16-14-12-2/h17-20H,11-16H2,1-10H3. The summed E-state index contributed by atoms with van der Waals surface area (Å²) in [6.45, 7) is 22.2. The molecular formula is C20H46O3Si4. The molecule has 0 bridgehead atoms. The van der Waals surface area contributed by atoms with E-state index in [1.807, 2.05) is 0 Å². The molecule has 0 rings (SSSR count). The molecule has 0 aliphatic heterocycles. The van der Waals surface area contributed by atoms with Crippen molar-refractivity contribution in [1.82, 2.24) is 0 Å². The van der Waals surface area contributed by atoms with Crippen molar-refractivity contribution in [1.29, 1.82) is 0 Å². The molecule has 0 heterocycles. The third-order valence-electron chi connectivity index (χ3n) is 4.00. The van der Waals surface area contributed by atoms with Gasteiger partial charge in [0, 0.05) is 0 Å². The summed E-state index contributed by atoms with van der Waals surface area (Å²) >= 11 is 0. The van der Waals surface area contributed by atoms with Crippen LogP contribution in [0.15, 0.2) is 23.6 Å². The summed E-state index contributed by atoms with van der Waals surface area (Å²) in [6.07, 6.45) is 11.9. The molecule has 0 saturated heterocycles. The van der Waals surface area contributed by atoms with Gasteiger partial charge >= 0.3 is 17.1 Å². The van der Waals surface area contributed by atoms with Crippen LogP contribution >= 0.6 is 0 Å². The third-order valence-corrected chi connectivity index (χ3v) is 18.1. The van der Waals surface area contributed by atoms with Crippen molar-refractivity contribution in [3.8, 4) is 0 Å². The first-order valence-electron chi connectivity index (χ1n) is 10.7. The van der Waals surface area contributed by atoms with Gasteiger partial charge in [0.15, 0.2) is 16.6 Å².